The van der Waals surface area contributed by atoms with Gasteiger partial charge in [0.25, 0.3) is 0 Å². The van der Waals surface area contributed by atoms with Gasteiger partial charge < -0.3 is 5.11 Å². The fraction of sp³-hybridized carbons (Fsp3) is 0.143. The van der Waals surface area contributed by atoms with Crippen LogP contribution in [0.4, 0.5) is 5.69 Å². The topological polar surface area (TPSA) is 101 Å². The minimum atomic E-state index is -3.85. The molecule has 1 N–H and O–H groups in total. The molecule has 0 bridgehead atoms. The molecule has 0 aliphatic carbocycles. The summed E-state index contributed by atoms with van der Waals surface area (Å²) >= 11 is 0. The van der Waals surface area contributed by atoms with E-state index in [4.69, 9.17) is 0 Å². The first-order valence-electron chi connectivity index (χ1n) is 6.30. The van der Waals surface area contributed by atoms with E-state index in [1.807, 2.05) is 6.07 Å². The molecule has 0 amide bonds. The van der Waals surface area contributed by atoms with Crippen molar-refractivity contribution in [2.45, 2.75) is 11.4 Å². The first-order chi connectivity index (χ1) is 10.3. The van der Waals surface area contributed by atoms with Gasteiger partial charge in [0.15, 0.2) is 5.75 Å². The maximum Gasteiger partial charge on any atom is 0.310 e. The molecule has 8 heteroatoms. The number of nitro groups is 1. The van der Waals surface area contributed by atoms with E-state index in [1.54, 1.807) is 24.3 Å². The van der Waals surface area contributed by atoms with Crippen LogP contribution in [0.2, 0.25) is 0 Å². The summed E-state index contributed by atoms with van der Waals surface area (Å²) < 4.78 is 25.9. The van der Waals surface area contributed by atoms with Crippen LogP contribution in [0.5, 0.6) is 5.75 Å². The van der Waals surface area contributed by atoms with Gasteiger partial charge in [-0.2, -0.15) is 4.31 Å². The Hall–Kier alpha value is -2.45. The van der Waals surface area contributed by atoms with Gasteiger partial charge in [0, 0.05) is 25.7 Å². The summed E-state index contributed by atoms with van der Waals surface area (Å²) in [5, 5.41) is 20.2. The summed E-state index contributed by atoms with van der Waals surface area (Å²) in [5.74, 6) is -0.681. The van der Waals surface area contributed by atoms with E-state index in [0.717, 1.165) is 28.1 Å². The van der Waals surface area contributed by atoms with Gasteiger partial charge in [0.1, 0.15) is 0 Å². The Morgan fingerprint density at radius 3 is 2.36 bits per heavy atom. The average molecular weight is 322 g/mol. The third-order valence-corrected chi connectivity index (χ3v) is 4.90. The number of hydrogen-bond donors (Lipinski definition) is 1. The third-order valence-electron chi connectivity index (χ3n) is 3.10. The van der Waals surface area contributed by atoms with E-state index < -0.39 is 26.4 Å². The highest BCUT2D eigenvalue weighted by Gasteiger charge is 2.24. The molecule has 0 radical (unpaired) electrons. The maximum atomic E-state index is 12.4. The minimum Gasteiger partial charge on any atom is -0.502 e. The Labute approximate surface area is 127 Å². The SMILES string of the molecule is CN(Cc1ccccc1)S(=O)(=O)c1ccc([N+](=O)[O-])c(O)c1. The Bertz CT molecular complexity index is 790. The quantitative estimate of drug-likeness (QED) is 0.671. The van der Waals surface area contributed by atoms with Crippen LogP contribution in [0.3, 0.4) is 0 Å². The highest BCUT2D eigenvalue weighted by molar-refractivity contribution is 7.89. The third kappa shape index (κ3) is 3.23. The Balaban J connectivity index is 2.30. The van der Waals surface area contributed by atoms with Crippen molar-refractivity contribution in [2.24, 2.45) is 0 Å². The number of aromatic hydroxyl groups is 1. The lowest BCUT2D eigenvalue weighted by Gasteiger charge is -2.17. The molecule has 0 heterocycles. The summed E-state index contributed by atoms with van der Waals surface area (Å²) in [4.78, 5) is 9.67. The van der Waals surface area contributed by atoms with E-state index in [0.29, 0.717) is 0 Å². The lowest BCUT2D eigenvalue weighted by Crippen LogP contribution is -2.26. The molecule has 0 fully saturated rings. The predicted octanol–water partition coefficient (Wildman–Crippen LogP) is 2.12. The fourth-order valence-electron chi connectivity index (χ4n) is 1.92. The van der Waals surface area contributed by atoms with E-state index in [2.05, 4.69) is 0 Å². The average Bonchev–Trinajstić information content (AvgIpc) is 2.47. The van der Waals surface area contributed by atoms with Crippen LogP contribution in [0.15, 0.2) is 53.4 Å². The van der Waals surface area contributed by atoms with Gasteiger partial charge in [-0.25, -0.2) is 8.42 Å². The van der Waals surface area contributed by atoms with Crippen LogP contribution >= 0.6 is 0 Å². The molecule has 0 aliphatic heterocycles. The van der Waals surface area contributed by atoms with Crippen LogP contribution in [0.1, 0.15) is 5.56 Å². The molecular weight excluding hydrogens is 308 g/mol. The molecular formula is C14H14N2O5S. The van der Waals surface area contributed by atoms with Crippen LogP contribution in [-0.2, 0) is 16.6 Å². The van der Waals surface area contributed by atoms with E-state index in [1.165, 1.54) is 7.05 Å². The molecule has 0 spiro atoms. The number of rotatable bonds is 5. The highest BCUT2D eigenvalue weighted by Crippen LogP contribution is 2.29. The van der Waals surface area contributed by atoms with Crippen LogP contribution < -0.4 is 0 Å². The van der Waals surface area contributed by atoms with Crippen molar-refractivity contribution >= 4 is 15.7 Å². The van der Waals surface area contributed by atoms with Crippen molar-refractivity contribution in [1.82, 2.24) is 4.31 Å². The van der Waals surface area contributed by atoms with Crippen LogP contribution in [-0.4, -0.2) is 29.8 Å². The molecule has 0 unspecified atom stereocenters. The first kappa shape index (κ1) is 15.9. The van der Waals surface area contributed by atoms with Gasteiger partial charge in [-0.05, 0) is 11.6 Å². The first-order valence-corrected chi connectivity index (χ1v) is 7.74. The molecule has 0 aliphatic rings. The van der Waals surface area contributed by atoms with Crippen molar-refractivity contribution < 1.29 is 18.4 Å². The molecule has 2 aromatic carbocycles. The van der Waals surface area contributed by atoms with Gasteiger partial charge in [-0.15, -0.1) is 0 Å². The van der Waals surface area contributed by atoms with Gasteiger partial charge in [0.2, 0.25) is 10.0 Å². The monoisotopic (exact) mass is 322 g/mol. The van der Waals surface area contributed by atoms with Gasteiger partial charge in [-0.3, -0.25) is 10.1 Å². The standard InChI is InChI=1S/C14H14N2O5S/c1-15(10-11-5-3-2-4-6-11)22(20,21)12-7-8-13(16(18)19)14(17)9-12/h2-9,17H,10H2,1H3. The molecule has 22 heavy (non-hydrogen) atoms. The smallest absolute Gasteiger partial charge is 0.310 e. The van der Waals surface area contributed by atoms with Crippen LogP contribution in [0, 0.1) is 10.1 Å². The van der Waals surface area contributed by atoms with Crippen molar-refractivity contribution in [3.63, 3.8) is 0 Å². The highest BCUT2D eigenvalue weighted by atomic mass is 32.2. The van der Waals surface area contributed by atoms with Gasteiger partial charge >= 0.3 is 5.69 Å². The number of nitro benzene ring substituents is 1. The lowest BCUT2D eigenvalue weighted by atomic mass is 10.2. The molecule has 0 saturated heterocycles. The number of sulfonamides is 1. The molecule has 2 rings (SSSR count). The van der Waals surface area contributed by atoms with Crippen LogP contribution in [0.25, 0.3) is 0 Å². The minimum absolute atomic E-state index is 0.154. The zero-order valence-corrected chi connectivity index (χ0v) is 12.5. The van der Waals surface area contributed by atoms with Crippen molar-refractivity contribution in [3.05, 3.63) is 64.2 Å². The van der Waals surface area contributed by atoms with Crippen molar-refractivity contribution in [3.8, 4) is 5.75 Å². The molecule has 116 valence electrons. The second kappa shape index (κ2) is 6.12. The van der Waals surface area contributed by atoms with E-state index in [9.17, 15) is 23.6 Å². The van der Waals surface area contributed by atoms with Crippen molar-refractivity contribution in [2.75, 3.05) is 7.05 Å². The predicted molar refractivity (Wildman–Crippen MR) is 79.9 cm³/mol. The van der Waals surface area contributed by atoms with E-state index in [-0.39, 0.29) is 11.4 Å². The Morgan fingerprint density at radius 2 is 1.82 bits per heavy atom. The van der Waals surface area contributed by atoms with Crippen molar-refractivity contribution in [1.29, 1.82) is 0 Å². The summed E-state index contributed by atoms with van der Waals surface area (Å²) in [6.45, 7) is 0.154. The Kier molecular flexibility index (Phi) is 4.43. The zero-order chi connectivity index (χ0) is 16.3. The molecule has 2 aromatic rings. The second-order valence-electron chi connectivity index (χ2n) is 4.65. The fourth-order valence-corrected chi connectivity index (χ4v) is 3.10. The van der Waals surface area contributed by atoms with Gasteiger partial charge in [0.05, 0.1) is 9.82 Å². The Morgan fingerprint density at radius 1 is 1.18 bits per heavy atom. The zero-order valence-electron chi connectivity index (χ0n) is 11.7. The van der Waals surface area contributed by atoms with Gasteiger partial charge in [-0.1, -0.05) is 30.3 Å². The summed E-state index contributed by atoms with van der Waals surface area (Å²) in [6, 6.07) is 12.0. The number of hydrogen-bond acceptors (Lipinski definition) is 5. The summed E-state index contributed by atoms with van der Waals surface area (Å²) in [5.41, 5.74) is 0.268. The largest absolute Gasteiger partial charge is 0.502 e. The summed E-state index contributed by atoms with van der Waals surface area (Å²) in [7, 11) is -2.45. The lowest BCUT2D eigenvalue weighted by molar-refractivity contribution is -0.385. The maximum absolute atomic E-state index is 12.4. The molecule has 0 aromatic heterocycles. The second-order valence-corrected chi connectivity index (χ2v) is 6.70. The number of phenols is 1. The van der Waals surface area contributed by atoms with E-state index >= 15 is 0 Å². The molecule has 0 saturated carbocycles. The molecule has 7 nitrogen and oxygen atoms in total. The number of benzene rings is 2. The number of nitrogens with zero attached hydrogens (tertiary/aromatic N) is 2. The summed E-state index contributed by atoms with van der Waals surface area (Å²) in [6.07, 6.45) is 0. The number of phenolic OH excluding ortho intramolecular Hbond substituents is 1. The molecule has 0 atom stereocenters. The normalized spacial score (nSPS) is 11.5.